The molecule has 2 unspecified atom stereocenters. The summed E-state index contributed by atoms with van der Waals surface area (Å²) in [6.07, 6.45) is -5.50. The van der Waals surface area contributed by atoms with Crippen molar-refractivity contribution in [2.75, 3.05) is 19.6 Å². The van der Waals surface area contributed by atoms with Crippen LogP contribution in [0.25, 0.3) is 0 Å². The number of rotatable bonds is 3. The molecule has 124 valence electrons. The van der Waals surface area contributed by atoms with E-state index < -0.39 is 35.1 Å². The summed E-state index contributed by atoms with van der Waals surface area (Å²) in [7, 11) is 0. The number of amides is 1. The van der Waals surface area contributed by atoms with E-state index in [4.69, 9.17) is 0 Å². The van der Waals surface area contributed by atoms with Crippen LogP contribution in [-0.4, -0.2) is 36.8 Å². The molecule has 1 aromatic rings. The summed E-state index contributed by atoms with van der Waals surface area (Å²) in [5, 5.41) is 14.8. The van der Waals surface area contributed by atoms with Crippen molar-refractivity contribution in [1.29, 1.82) is 0 Å². The van der Waals surface area contributed by atoms with Gasteiger partial charge in [0.1, 0.15) is 5.82 Å². The van der Waals surface area contributed by atoms with Gasteiger partial charge in [0.2, 0.25) is 0 Å². The molecular weight excluding hydrogens is 328 g/mol. The molecule has 9 heteroatoms. The smallest absolute Gasteiger partial charge is 0.391 e. The van der Waals surface area contributed by atoms with Crippen LogP contribution in [0, 0.1) is 11.7 Å². The molecule has 4 nitrogen and oxygen atoms in total. The first kappa shape index (κ1) is 18.7. The summed E-state index contributed by atoms with van der Waals surface area (Å²) < 4.78 is 51.4. The summed E-state index contributed by atoms with van der Waals surface area (Å²) in [6.45, 7) is 0.924. The Labute approximate surface area is 130 Å². The highest BCUT2D eigenvalue weighted by molar-refractivity contribution is 5.94. The SMILES string of the molecule is Cl.O=C(NCC1CNCC1O)c1cccc(C(F)(F)F)c1F. The summed E-state index contributed by atoms with van der Waals surface area (Å²) in [6, 6.07) is 2.55. The third kappa shape index (κ3) is 4.08. The normalized spacial score (nSPS) is 21.3. The van der Waals surface area contributed by atoms with Crippen LogP contribution in [0.5, 0.6) is 0 Å². The molecule has 0 radical (unpaired) electrons. The second-order valence-corrected chi connectivity index (χ2v) is 4.86. The molecule has 2 atom stereocenters. The highest BCUT2D eigenvalue weighted by Gasteiger charge is 2.35. The van der Waals surface area contributed by atoms with Crippen molar-refractivity contribution >= 4 is 18.3 Å². The number of alkyl halides is 3. The molecule has 1 aromatic carbocycles. The number of hydrogen-bond donors (Lipinski definition) is 3. The van der Waals surface area contributed by atoms with Gasteiger partial charge < -0.3 is 15.7 Å². The Bertz CT molecular complexity index is 539. The lowest BCUT2D eigenvalue weighted by Gasteiger charge is -2.15. The Morgan fingerprint density at radius 3 is 2.59 bits per heavy atom. The van der Waals surface area contributed by atoms with Crippen LogP contribution >= 0.6 is 12.4 Å². The Hall–Kier alpha value is -1.38. The topological polar surface area (TPSA) is 61.4 Å². The Balaban J connectivity index is 0.00000242. The molecule has 0 aromatic heterocycles. The minimum absolute atomic E-state index is 0. The molecule has 1 aliphatic heterocycles. The summed E-state index contributed by atoms with van der Waals surface area (Å²) in [5.41, 5.74) is -2.14. The van der Waals surface area contributed by atoms with Gasteiger partial charge in [-0.25, -0.2) is 4.39 Å². The molecule has 1 amide bonds. The average molecular weight is 343 g/mol. The summed E-state index contributed by atoms with van der Waals surface area (Å²) >= 11 is 0. The number of carbonyl (C=O) groups excluding carboxylic acids is 1. The zero-order chi connectivity index (χ0) is 15.6. The molecule has 0 saturated carbocycles. The number of aliphatic hydroxyl groups is 1. The minimum Gasteiger partial charge on any atom is -0.391 e. The van der Waals surface area contributed by atoms with Gasteiger partial charge in [0.25, 0.3) is 5.91 Å². The maximum Gasteiger partial charge on any atom is 0.419 e. The quantitative estimate of drug-likeness (QED) is 0.731. The van der Waals surface area contributed by atoms with E-state index in [2.05, 4.69) is 10.6 Å². The molecule has 0 bridgehead atoms. The third-order valence-electron chi connectivity index (χ3n) is 3.38. The minimum atomic E-state index is -4.86. The number of aliphatic hydroxyl groups excluding tert-OH is 1. The van der Waals surface area contributed by atoms with E-state index in [9.17, 15) is 27.5 Å². The monoisotopic (exact) mass is 342 g/mol. The second kappa shape index (κ2) is 7.26. The maximum absolute atomic E-state index is 13.8. The van der Waals surface area contributed by atoms with Gasteiger partial charge in [-0.15, -0.1) is 12.4 Å². The van der Waals surface area contributed by atoms with Gasteiger partial charge in [0.15, 0.2) is 0 Å². The molecule has 1 fully saturated rings. The van der Waals surface area contributed by atoms with E-state index in [0.717, 1.165) is 12.1 Å². The maximum atomic E-state index is 13.8. The number of hydrogen-bond acceptors (Lipinski definition) is 3. The molecular formula is C13H15ClF4N2O2. The van der Waals surface area contributed by atoms with Crippen LogP contribution in [0.2, 0.25) is 0 Å². The number of β-amino-alcohol motifs (C(OH)–C–C–N with tert-alkyl or cyclic N) is 1. The Morgan fingerprint density at radius 2 is 2.05 bits per heavy atom. The Kier molecular flexibility index (Phi) is 6.16. The van der Waals surface area contributed by atoms with Gasteiger partial charge in [-0.1, -0.05) is 6.07 Å². The fourth-order valence-corrected chi connectivity index (χ4v) is 2.17. The number of benzene rings is 1. The fraction of sp³-hybridized carbons (Fsp3) is 0.462. The van der Waals surface area contributed by atoms with E-state index in [1.165, 1.54) is 0 Å². The third-order valence-corrected chi connectivity index (χ3v) is 3.38. The molecule has 0 aliphatic carbocycles. The van der Waals surface area contributed by atoms with Crippen molar-refractivity contribution in [3.8, 4) is 0 Å². The van der Waals surface area contributed by atoms with E-state index in [1.807, 2.05) is 0 Å². The predicted octanol–water partition coefficient (Wildman–Crippen LogP) is 1.58. The lowest BCUT2D eigenvalue weighted by molar-refractivity contribution is -0.140. The van der Waals surface area contributed by atoms with Crippen LogP contribution in [0.4, 0.5) is 17.6 Å². The molecule has 22 heavy (non-hydrogen) atoms. The van der Waals surface area contributed by atoms with Crippen LogP contribution in [0.3, 0.4) is 0 Å². The van der Waals surface area contributed by atoms with Gasteiger partial charge in [-0.05, 0) is 12.1 Å². The van der Waals surface area contributed by atoms with Crippen molar-refractivity contribution in [1.82, 2.24) is 10.6 Å². The average Bonchev–Trinajstić information content (AvgIpc) is 2.80. The molecule has 2 rings (SSSR count). The molecule has 3 N–H and O–H groups in total. The first-order valence-electron chi connectivity index (χ1n) is 6.33. The van der Waals surface area contributed by atoms with E-state index in [1.54, 1.807) is 0 Å². The van der Waals surface area contributed by atoms with E-state index in [0.29, 0.717) is 19.2 Å². The van der Waals surface area contributed by atoms with Crippen molar-refractivity contribution < 1.29 is 27.5 Å². The largest absolute Gasteiger partial charge is 0.419 e. The van der Waals surface area contributed by atoms with Crippen molar-refractivity contribution in [3.63, 3.8) is 0 Å². The van der Waals surface area contributed by atoms with E-state index in [-0.39, 0.29) is 24.9 Å². The zero-order valence-corrected chi connectivity index (χ0v) is 12.1. The number of nitrogens with one attached hydrogen (secondary N) is 2. The van der Waals surface area contributed by atoms with Crippen molar-refractivity contribution in [2.45, 2.75) is 12.3 Å². The lowest BCUT2D eigenvalue weighted by Crippen LogP contribution is -2.35. The zero-order valence-electron chi connectivity index (χ0n) is 11.3. The fourth-order valence-electron chi connectivity index (χ4n) is 2.17. The summed E-state index contributed by atoms with van der Waals surface area (Å²) in [4.78, 5) is 11.8. The highest BCUT2D eigenvalue weighted by atomic mass is 35.5. The number of carbonyl (C=O) groups is 1. The van der Waals surface area contributed by atoms with Gasteiger partial charge in [-0.3, -0.25) is 4.79 Å². The highest BCUT2D eigenvalue weighted by Crippen LogP contribution is 2.32. The first-order chi connectivity index (χ1) is 9.80. The molecule has 0 spiro atoms. The van der Waals surface area contributed by atoms with Gasteiger partial charge in [0, 0.05) is 25.6 Å². The first-order valence-corrected chi connectivity index (χ1v) is 6.33. The van der Waals surface area contributed by atoms with Crippen molar-refractivity contribution in [3.05, 3.63) is 35.1 Å². The predicted molar refractivity (Wildman–Crippen MR) is 73.3 cm³/mol. The second-order valence-electron chi connectivity index (χ2n) is 4.86. The van der Waals surface area contributed by atoms with Gasteiger partial charge >= 0.3 is 6.18 Å². The molecule has 1 saturated heterocycles. The van der Waals surface area contributed by atoms with Gasteiger partial charge in [-0.2, -0.15) is 13.2 Å². The van der Waals surface area contributed by atoms with Crippen LogP contribution in [-0.2, 0) is 6.18 Å². The van der Waals surface area contributed by atoms with E-state index >= 15 is 0 Å². The molecule has 1 aliphatic rings. The Morgan fingerprint density at radius 1 is 1.36 bits per heavy atom. The number of halogens is 5. The molecule has 1 heterocycles. The van der Waals surface area contributed by atoms with Crippen molar-refractivity contribution in [2.24, 2.45) is 5.92 Å². The van der Waals surface area contributed by atoms with Crippen LogP contribution < -0.4 is 10.6 Å². The summed E-state index contributed by atoms with van der Waals surface area (Å²) in [5.74, 6) is -2.77. The van der Waals surface area contributed by atoms with Crippen LogP contribution in [0.15, 0.2) is 18.2 Å². The standard InChI is InChI=1S/C13H14F4N2O2.ClH/c14-11-8(2-1-3-9(11)13(15,16)17)12(21)19-5-7-4-18-6-10(7)20;/h1-3,7,10,18,20H,4-6H2,(H,19,21);1H. The van der Waals surface area contributed by atoms with Crippen LogP contribution in [0.1, 0.15) is 15.9 Å². The lowest BCUT2D eigenvalue weighted by atomic mass is 10.1. The van der Waals surface area contributed by atoms with Gasteiger partial charge in [0.05, 0.1) is 17.2 Å².